The molecule has 1 saturated carbocycles. The van der Waals surface area contributed by atoms with Gasteiger partial charge in [0, 0.05) is 17.6 Å². The van der Waals surface area contributed by atoms with Crippen molar-refractivity contribution < 1.29 is 0 Å². The molecule has 25 heavy (non-hydrogen) atoms. The van der Waals surface area contributed by atoms with E-state index in [9.17, 15) is 0 Å². The Morgan fingerprint density at radius 1 is 1.08 bits per heavy atom. The second-order valence-electron chi connectivity index (χ2n) is 8.08. The number of halogens is 1. The van der Waals surface area contributed by atoms with Crippen LogP contribution in [0.15, 0.2) is 36.5 Å². The molecule has 3 aromatic rings. The van der Waals surface area contributed by atoms with Crippen LogP contribution in [-0.4, -0.2) is 14.5 Å². The zero-order valence-electron chi connectivity index (χ0n) is 15.1. The quantitative estimate of drug-likeness (QED) is 0.516. The summed E-state index contributed by atoms with van der Waals surface area (Å²) in [4.78, 5) is 8.71. The van der Waals surface area contributed by atoms with Crippen molar-refractivity contribution in [1.82, 2.24) is 14.5 Å². The highest BCUT2D eigenvalue weighted by Gasteiger charge is 2.23. The lowest BCUT2D eigenvalue weighted by molar-refractivity contribution is 0.537. The summed E-state index contributed by atoms with van der Waals surface area (Å²) in [5.41, 5.74) is 4.92. The fourth-order valence-electron chi connectivity index (χ4n) is 3.88. The molecule has 0 N–H and O–H groups in total. The second-order valence-corrected chi connectivity index (χ2v) is 8.42. The maximum absolute atomic E-state index is 6.09. The van der Waals surface area contributed by atoms with E-state index < -0.39 is 0 Å². The van der Waals surface area contributed by atoms with Crippen molar-refractivity contribution in [2.75, 3.05) is 0 Å². The van der Waals surface area contributed by atoms with Crippen LogP contribution < -0.4 is 0 Å². The molecule has 4 heteroatoms. The van der Waals surface area contributed by atoms with Gasteiger partial charge in [0.25, 0.3) is 0 Å². The number of nitrogens with zero attached hydrogens (tertiary/aromatic N) is 3. The first-order valence-corrected chi connectivity index (χ1v) is 9.46. The van der Waals surface area contributed by atoms with Crippen LogP contribution in [0.25, 0.3) is 22.3 Å². The fourth-order valence-corrected chi connectivity index (χ4v) is 4.01. The zero-order chi connectivity index (χ0) is 17.6. The monoisotopic (exact) mass is 353 g/mol. The van der Waals surface area contributed by atoms with Gasteiger partial charge in [-0.2, -0.15) is 4.98 Å². The van der Waals surface area contributed by atoms with Crippen LogP contribution in [0.5, 0.6) is 0 Å². The van der Waals surface area contributed by atoms with Gasteiger partial charge in [-0.25, -0.2) is 4.98 Å². The lowest BCUT2D eigenvalue weighted by Gasteiger charge is -2.20. The molecule has 2 heterocycles. The summed E-state index contributed by atoms with van der Waals surface area (Å²) in [7, 11) is 0. The molecule has 1 fully saturated rings. The van der Waals surface area contributed by atoms with E-state index in [2.05, 4.69) is 65.6 Å². The average Bonchev–Trinajstić information content (AvgIpc) is 3.20. The Kier molecular flexibility index (Phi) is 4.07. The SMILES string of the molecule is CC(C)(C)c1ccc(-c2cc3cnc(Cl)nc3n2C2CCCC2)cc1. The average molecular weight is 354 g/mol. The van der Waals surface area contributed by atoms with Crippen LogP contribution in [0, 0.1) is 0 Å². The molecule has 1 aliphatic rings. The van der Waals surface area contributed by atoms with Gasteiger partial charge in [0.2, 0.25) is 5.28 Å². The number of hydrogen-bond acceptors (Lipinski definition) is 2. The van der Waals surface area contributed by atoms with Crippen LogP contribution in [0.3, 0.4) is 0 Å². The predicted molar refractivity (Wildman–Crippen MR) is 104 cm³/mol. The molecule has 0 aliphatic heterocycles. The number of benzene rings is 1. The molecule has 4 rings (SSSR count). The Morgan fingerprint density at radius 3 is 2.40 bits per heavy atom. The van der Waals surface area contributed by atoms with Crippen LogP contribution in [0.2, 0.25) is 5.28 Å². The molecule has 0 unspecified atom stereocenters. The first-order valence-electron chi connectivity index (χ1n) is 9.08. The maximum atomic E-state index is 6.09. The molecular formula is C21H24ClN3. The number of aromatic nitrogens is 3. The highest BCUT2D eigenvalue weighted by molar-refractivity contribution is 6.28. The van der Waals surface area contributed by atoms with Crippen molar-refractivity contribution in [3.8, 4) is 11.3 Å². The smallest absolute Gasteiger partial charge is 0.224 e. The molecule has 0 spiro atoms. The second kappa shape index (κ2) is 6.14. The van der Waals surface area contributed by atoms with E-state index in [-0.39, 0.29) is 5.41 Å². The third kappa shape index (κ3) is 3.06. The highest BCUT2D eigenvalue weighted by atomic mass is 35.5. The van der Waals surface area contributed by atoms with Crippen molar-refractivity contribution in [3.05, 3.63) is 47.4 Å². The molecule has 0 bridgehead atoms. The summed E-state index contributed by atoms with van der Waals surface area (Å²) in [5, 5.41) is 1.38. The van der Waals surface area contributed by atoms with Crippen LogP contribution >= 0.6 is 11.6 Å². The van der Waals surface area contributed by atoms with Gasteiger partial charge in [-0.3, -0.25) is 0 Å². The Balaban J connectivity index is 1.87. The summed E-state index contributed by atoms with van der Waals surface area (Å²) in [6.07, 6.45) is 6.82. The van der Waals surface area contributed by atoms with Crippen molar-refractivity contribution in [3.63, 3.8) is 0 Å². The number of fused-ring (bicyclic) bond motifs is 1. The molecular weight excluding hydrogens is 330 g/mol. The molecule has 1 aliphatic carbocycles. The van der Waals surface area contributed by atoms with E-state index in [4.69, 9.17) is 11.6 Å². The standard InChI is InChI=1S/C21H24ClN3/c1-21(2,3)16-10-8-14(9-11-16)18-12-15-13-23-20(22)24-19(15)25(18)17-6-4-5-7-17/h8-13,17H,4-7H2,1-3H3. The normalized spacial score (nSPS) is 16.0. The van der Waals surface area contributed by atoms with Crippen LogP contribution in [0.4, 0.5) is 0 Å². The minimum Gasteiger partial charge on any atom is -0.322 e. The lowest BCUT2D eigenvalue weighted by Crippen LogP contribution is -2.11. The minimum atomic E-state index is 0.162. The van der Waals surface area contributed by atoms with Crippen molar-refractivity contribution in [2.45, 2.75) is 57.9 Å². The Bertz CT molecular complexity index is 897. The van der Waals surface area contributed by atoms with Gasteiger partial charge < -0.3 is 4.57 Å². The molecule has 1 aromatic carbocycles. The van der Waals surface area contributed by atoms with E-state index >= 15 is 0 Å². The molecule has 3 nitrogen and oxygen atoms in total. The number of rotatable bonds is 2. The van der Waals surface area contributed by atoms with E-state index in [0.717, 1.165) is 11.0 Å². The van der Waals surface area contributed by atoms with Gasteiger partial charge >= 0.3 is 0 Å². The van der Waals surface area contributed by atoms with Gasteiger partial charge in [-0.1, -0.05) is 57.9 Å². The largest absolute Gasteiger partial charge is 0.322 e. The highest BCUT2D eigenvalue weighted by Crippen LogP contribution is 2.38. The first kappa shape index (κ1) is 16.6. The first-order chi connectivity index (χ1) is 11.9. The van der Waals surface area contributed by atoms with Crippen molar-refractivity contribution in [2.24, 2.45) is 0 Å². The maximum Gasteiger partial charge on any atom is 0.224 e. The van der Waals surface area contributed by atoms with E-state index in [1.165, 1.54) is 42.5 Å². The molecule has 130 valence electrons. The third-order valence-electron chi connectivity index (χ3n) is 5.28. The Hall–Kier alpha value is -1.87. The fraction of sp³-hybridized carbons (Fsp3) is 0.429. The van der Waals surface area contributed by atoms with Crippen LogP contribution in [-0.2, 0) is 5.41 Å². The Morgan fingerprint density at radius 2 is 1.76 bits per heavy atom. The molecule has 0 saturated heterocycles. The summed E-state index contributed by atoms with van der Waals surface area (Å²) in [6, 6.07) is 11.6. The summed E-state index contributed by atoms with van der Waals surface area (Å²) >= 11 is 6.09. The third-order valence-corrected chi connectivity index (χ3v) is 5.47. The topological polar surface area (TPSA) is 30.7 Å². The molecule has 0 atom stereocenters. The lowest BCUT2D eigenvalue weighted by atomic mass is 9.86. The van der Waals surface area contributed by atoms with Gasteiger partial charge in [-0.15, -0.1) is 0 Å². The predicted octanol–water partition coefficient (Wildman–Crippen LogP) is 6.16. The minimum absolute atomic E-state index is 0.162. The van der Waals surface area contributed by atoms with Gasteiger partial charge in [-0.05, 0) is 47.1 Å². The summed E-state index contributed by atoms with van der Waals surface area (Å²) in [6.45, 7) is 6.74. The molecule has 2 aromatic heterocycles. The van der Waals surface area contributed by atoms with Crippen molar-refractivity contribution >= 4 is 22.6 Å². The van der Waals surface area contributed by atoms with E-state index in [0.29, 0.717) is 11.3 Å². The van der Waals surface area contributed by atoms with Crippen molar-refractivity contribution in [1.29, 1.82) is 0 Å². The van der Waals surface area contributed by atoms with Gasteiger partial charge in [0.15, 0.2) is 0 Å². The summed E-state index contributed by atoms with van der Waals surface area (Å²) < 4.78 is 2.39. The Labute approximate surface area is 154 Å². The molecule has 0 amide bonds. The summed E-state index contributed by atoms with van der Waals surface area (Å²) in [5.74, 6) is 0. The van der Waals surface area contributed by atoms with E-state index in [1.54, 1.807) is 0 Å². The molecule has 0 radical (unpaired) electrons. The van der Waals surface area contributed by atoms with Crippen LogP contribution in [0.1, 0.15) is 58.1 Å². The van der Waals surface area contributed by atoms with Gasteiger partial charge in [0.1, 0.15) is 5.65 Å². The van der Waals surface area contributed by atoms with E-state index in [1.807, 2.05) is 6.20 Å². The van der Waals surface area contributed by atoms with Gasteiger partial charge in [0.05, 0.1) is 5.69 Å². The zero-order valence-corrected chi connectivity index (χ0v) is 15.8. The number of hydrogen-bond donors (Lipinski definition) is 0.